The van der Waals surface area contributed by atoms with Gasteiger partial charge in [0.25, 0.3) is 0 Å². The summed E-state index contributed by atoms with van der Waals surface area (Å²) in [5.41, 5.74) is 2.31. The van der Waals surface area contributed by atoms with Crippen LogP contribution in [0, 0.1) is 0 Å². The summed E-state index contributed by atoms with van der Waals surface area (Å²) in [4.78, 5) is 0. The minimum Gasteiger partial charge on any atom is -0.281 e. The SMILES string of the molecule is C1=CCC(c2[nH]nc3c4ccccc4c4ccccc4c23)C=C1. The molecule has 1 aromatic heterocycles. The van der Waals surface area contributed by atoms with Crippen molar-refractivity contribution in [2.75, 3.05) is 0 Å². The van der Waals surface area contributed by atoms with Crippen LogP contribution < -0.4 is 0 Å². The van der Waals surface area contributed by atoms with E-state index >= 15 is 0 Å². The van der Waals surface area contributed by atoms with E-state index in [-0.39, 0.29) is 0 Å². The zero-order chi connectivity index (χ0) is 15.2. The second kappa shape index (κ2) is 4.82. The zero-order valence-corrected chi connectivity index (χ0v) is 12.7. The topological polar surface area (TPSA) is 28.7 Å². The van der Waals surface area contributed by atoms with Gasteiger partial charge in [0.1, 0.15) is 5.52 Å². The predicted molar refractivity (Wildman–Crippen MR) is 96.7 cm³/mol. The summed E-state index contributed by atoms with van der Waals surface area (Å²) in [6, 6.07) is 17.2. The van der Waals surface area contributed by atoms with Crippen LogP contribution in [-0.4, -0.2) is 10.2 Å². The average molecular weight is 296 g/mol. The van der Waals surface area contributed by atoms with E-state index < -0.39 is 0 Å². The van der Waals surface area contributed by atoms with Gasteiger partial charge in [-0.3, -0.25) is 5.10 Å². The molecule has 1 aliphatic rings. The summed E-state index contributed by atoms with van der Waals surface area (Å²) in [7, 11) is 0. The third-order valence-electron chi connectivity index (χ3n) is 4.81. The van der Waals surface area contributed by atoms with E-state index in [1.54, 1.807) is 0 Å². The van der Waals surface area contributed by atoms with Crippen molar-refractivity contribution in [2.45, 2.75) is 12.3 Å². The van der Waals surface area contributed by atoms with Crippen molar-refractivity contribution in [2.24, 2.45) is 0 Å². The largest absolute Gasteiger partial charge is 0.281 e. The molecule has 0 saturated heterocycles. The fourth-order valence-corrected chi connectivity index (χ4v) is 3.75. The number of rotatable bonds is 1. The van der Waals surface area contributed by atoms with Crippen LogP contribution in [-0.2, 0) is 0 Å². The molecular weight excluding hydrogens is 280 g/mol. The van der Waals surface area contributed by atoms with Crippen molar-refractivity contribution < 1.29 is 0 Å². The second-order valence-electron chi connectivity index (χ2n) is 6.11. The van der Waals surface area contributed by atoms with Gasteiger partial charge in [-0.2, -0.15) is 5.10 Å². The number of aromatic amines is 1. The molecule has 1 heterocycles. The molecule has 0 fully saturated rings. The summed E-state index contributed by atoms with van der Waals surface area (Å²) in [5.74, 6) is 0.370. The van der Waals surface area contributed by atoms with Gasteiger partial charge in [0.05, 0.1) is 5.69 Å². The molecule has 1 aliphatic carbocycles. The smallest absolute Gasteiger partial charge is 0.101 e. The van der Waals surface area contributed by atoms with Gasteiger partial charge in [-0.15, -0.1) is 0 Å². The first-order valence-corrected chi connectivity index (χ1v) is 8.04. The molecule has 5 rings (SSSR count). The highest BCUT2D eigenvalue weighted by Crippen LogP contribution is 2.38. The molecule has 0 bridgehead atoms. The third-order valence-corrected chi connectivity index (χ3v) is 4.81. The first-order chi connectivity index (χ1) is 11.4. The van der Waals surface area contributed by atoms with Crippen LogP contribution in [0.3, 0.4) is 0 Å². The Kier molecular flexibility index (Phi) is 2.65. The highest BCUT2D eigenvalue weighted by Gasteiger charge is 2.19. The molecule has 23 heavy (non-hydrogen) atoms. The van der Waals surface area contributed by atoms with E-state index in [2.05, 4.69) is 83.0 Å². The molecule has 110 valence electrons. The van der Waals surface area contributed by atoms with E-state index in [9.17, 15) is 0 Å². The van der Waals surface area contributed by atoms with Crippen molar-refractivity contribution in [3.63, 3.8) is 0 Å². The number of nitrogens with zero attached hydrogens (tertiary/aromatic N) is 1. The normalized spacial score (nSPS) is 17.5. The lowest BCUT2D eigenvalue weighted by Gasteiger charge is -2.13. The summed E-state index contributed by atoms with van der Waals surface area (Å²) < 4.78 is 0. The summed E-state index contributed by atoms with van der Waals surface area (Å²) in [6.45, 7) is 0. The van der Waals surface area contributed by atoms with Crippen LogP contribution in [0.4, 0.5) is 0 Å². The number of benzene rings is 3. The fourth-order valence-electron chi connectivity index (χ4n) is 3.75. The van der Waals surface area contributed by atoms with E-state index in [0.29, 0.717) is 5.92 Å². The van der Waals surface area contributed by atoms with Crippen LogP contribution in [0.25, 0.3) is 32.4 Å². The molecule has 1 atom stereocenters. The van der Waals surface area contributed by atoms with Gasteiger partial charge in [-0.05, 0) is 22.6 Å². The lowest BCUT2D eigenvalue weighted by Crippen LogP contribution is -1.97. The number of nitrogens with one attached hydrogen (secondary N) is 1. The molecule has 0 saturated carbocycles. The van der Waals surface area contributed by atoms with Gasteiger partial charge >= 0.3 is 0 Å². The minimum atomic E-state index is 0.370. The van der Waals surface area contributed by atoms with Gasteiger partial charge in [0.15, 0.2) is 0 Å². The number of aromatic nitrogens is 2. The van der Waals surface area contributed by atoms with Crippen molar-refractivity contribution in [1.29, 1.82) is 0 Å². The molecule has 0 radical (unpaired) electrons. The Morgan fingerprint density at radius 2 is 1.52 bits per heavy atom. The van der Waals surface area contributed by atoms with Gasteiger partial charge < -0.3 is 0 Å². The number of H-pyrrole nitrogens is 1. The highest BCUT2D eigenvalue weighted by atomic mass is 15.1. The Morgan fingerprint density at radius 1 is 0.826 bits per heavy atom. The average Bonchev–Trinajstić information content (AvgIpc) is 3.08. The fraction of sp³-hybridized carbons (Fsp3) is 0.0952. The molecule has 4 aromatic rings. The van der Waals surface area contributed by atoms with Crippen molar-refractivity contribution >= 4 is 32.4 Å². The van der Waals surface area contributed by atoms with Crippen LogP contribution in [0.2, 0.25) is 0 Å². The Morgan fingerprint density at radius 3 is 2.26 bits per heavy atom. The van der Waals surface area contributed by atoms with Crippen LogP contribution in [0.1, 0.15) is 18.0 Å². The highest BCUT2D eigenvalue weighted by molar-refractivity contribution is 6.24. The first kappa shape index (κ1) is 12.7. The first-order valence-electron chi connectivity index (χ1n) is 8.04. The second-order valence-corrected chi connectivity index (χ2v) is 6.11. The maximum Gasteiger partial charge on any atom is 0.101 e. The molecule has 2 nitrogen and oxygen atoms in total. The van der Waals surface area contributed by atoms with Gasteiger partial charge in [-0.25, -0.2) is 0 Å². The third kappa shape index (κ3) is 1.78. The van der Waals surface area contributed by atoms with Crippen molar-refractivity contribution in [3.8, 4) is 0 Å². The van der Waals surface area contributed by atoms with Gasteiger partial charge in [0, 0.05) is 16.7 Å². The van der Waals surface area contributed by atoms with E-state index in [0.717, 1.165) is 11.9 Å². The van der Waals surface area contributed by atoms with Crippen LogP contribution >= 0.6 is 0 Å². The quantitative estimate of drug-likeness (QED) is 0.464. The van der Waals surface area contributed by atoms with E-state index in [4.69, 9.17) is 0 Å². The Hall–Kier alpha value is -2.87. The molecule has 3 aromatic carbocycles. The molecule has 0 aliphatic heterocycles. The number of allylic oxidation sites excluding steroid dienone is 4. The number of fused-ring (bicyclic) bond motifs is 6. The van der Waals surface area contributed by atoms with Crippen LogP contribution in [0.15, 0.2) is 72.8 Å². The summed E-state index contributed by atoms with van der Waals surface area (Å²) in [6.07, 6.45) is 9.75. The lowest BCUT2D eigenvalue weighted by molar-refractivity contribution is 0.812. The van der Waals surface area contributed by atoms with E-state index in [1.807, 2.05) is 0 Å². The van der Waals surface area contributed by atoms with Gasteiger partial charge in [-0.1, -0.05) is 72.8 Å². The molecular formula is C21H16N2. The summed E-state index contributed by atoms with van der Waals surface area (Å²) in [5, 5.41) is 14.4. The summed E-state index contributed by atoms with van der Waals surface area (Å²) >= 11 is 0. The minimum absolute atomic E-state index is 0.370. The maximum atomic E-state index is 4.69. The molecule has 0 amide bonds. The monoisotopic (exact) mass is 296 g/mol. The van der Waals surface area contributed by atoms with Crippen molar-refractivity contribution in [1.82, 2.24) is 10.2 Å². The standard InChI is InChI=1S/C21H16N2/c1-2-8-14(9-3-1)20-19-17-12-6-4-10-15(17)16-11-5-7-13-18(16)21(19)23-22-20/h1-8,10-14H,9H2,(H,22,23). The molecule has 2 heteroatoms. The number of hydrogen-bond donors (Lipinski definition) is 1. The van der Waals surface area contributed by atoms with Crippen molar-refractivity contribution in [3.05, 3.63) is 78.5 Å². The maximum absolute atomic E-state index is 4.69. The predicted octanol–water partition coefficient (Wildman–Crippen LogP) is 5.47. The lowest BCUT2D eigenvalue weighted by atomic mass is 9.91. The van der Waals surface area contributed by atoms with E-state index in [1.165, 1.54) is 32.6 Å². The number of hydrogen-bond acceptors (Lipinski definition) is 1. The molecule has 0 spiro atoms. The van der Waals surface area contributed by atoms with Gasteiger partial charge in [0.2, 0.25) is 0 Å². The Bertz CT molecular complexity index is 1100. The van der Waals surface area contributed by atoms with Crippen LogP contribution in [0.5, 0.6) is 0 Å². The zero-order valence-electron chi connectivity index (χ0n) is 12.7. The molecule has 1 N–H and O–H groups in total. The molecule has 1 unspecified atom stereocenters. The Balaban J connectivity index is 1.97. The Labute approximate surface area is 134 Å².